The molecule has 0 bridgehead atoms. The van der Waals surface area contributed by atoms with E-state index in [4.69, 9.17) is 0 Å². The molecule has 4 rings (SSSR count). The van der Waals surface area contributed by atoms with E-state index in [-0.39, 0.29) is 12.1 Å². The molecule has 0 aliphatic carbocycles. The van der Waals surface area contributed by atoms with Gasteiger partial charge in [0.05, 0.1) is 7.05 Å². The van der Waals surface area contributed by atoms with Crippen LogP contribution in [0.2, 0.25) is 0 Å². The fourth-order valence-corrected chi connectivity index (χ4v) is 3.61. The van der Waals surface area contributed by atoms with Crippen LogP contribution in [-0.4, -0.2) is 53.5 Å². The minimum absolute atomic E-state index is 0.0607. The van der Waals surface area contributed by atoms with Crippen LogP contribution in [0.1, 0.15) is 25.7 Å². The molecule has 2 aromatic heterocycles. The molecule has 1 aliphatic heterocycles. The average molecular weight is 380 g/mol. The fraction of sp³-hybridized carbons (Fsp3) is 0.421. The summed E-state index contributed by atoms with van der Waals surface area (Å²) in [7, 11) is 1.72. The Balaban J connectivity index is 1.42. The van der Waals surface area contributed by atoms with Gasteiger partial charge in [-0.1, -0.05) is 12.1 Å². The molecule has 28 heavy (non-hydrogen) atoms. The molecule has 0 spiro atoms. The number of carbonyl (C=O) groups excluding carboxylic acids is 1. The van der Waals surface area contributed by atoms with Crippen molar-refractivity contribution in [2.24, 2.45) is 7.05 Å². The van der Waals surface area contributed by atoms with E-state index in [1.807, 2.05) is 46.1 Å². The van der Waals surface area contributed by atoms with Crippen molar-refractivity contribution in [1.82, 2.24) is 34.9 Å². The van der Waals surface area contributed by atoms with Crippen LogP contribution in [-0.2, 0) is 13.6 Å². The third kappa shape index (κ3) is 4.19. The van der Waals surface area contributed by atoms with Crippen molar-refractivity contribution in [3.05, 3.63) is 42.7 Å². The molecule has 0 radical (unpaired) electrons. The van der Waals surface area contributed by atoms with Gasteiger partial charge in [-0.3, -0.25) is 4.68 Å². The Hall–Kier alpha value is -3.23. The Morgan fingerprint density at radius 2 is 2.21 bits per heavy atom. The lowest BCUT2D eigenvalue weighted by Gasteiger charge is -2.35. The first-order chi connectivity index (χ1) is 13.7. The van der Waals surface area contributed by atoms with Gasteiger partial charge in [0.25, 0.3) is 0 Å². The largest absolute Gasteiger partial charge is 0.322 e. The number of anilines is 1. The summed E-state index contributed by atoms with van der Waals surface area (Å²) in [6.07, 6.45) is 7.86. The third-order valence-corrected chi connectivity index (χ3v) is 5.02. The number of tetrazole rings is 1. The highest BCUT2D eigenvalue weighted by molar-refractivity contribution is 5.90. The van der Waals surface area contributed by atoms with Gasteiger partial charge in [-0.15, -0.1) is 10.2 Å². The Morgan fingerprint density at radius 3 is 3.00 bits per heavy atom. The van der Waals surface area contributed by atoms with Crippen LogP contribution < -0.4 is 5.32 Å². The van der Waals surface area contributed by atoms with Crippen molar-refractivity contribution in [3.63, 3.8) is 0 Å². The van der Waals surface area contributed by atoms with Crippen LogP contribution in [0.5, 0.6) is 0 Å². The van der Waals surface area contributed by atoms with Crippen LogP contribution in [0, 0.1) is 0 Å². The zero-order chi connectivity index (χ0) is 19.3. The maximum Gasteiger partial charge on any atom is 0.322 e. The molecule has 2 amide bonds. The number of aromatic nitrogens is 6. The number of piperidine rings is 1. The average Bonchev–Trinajstić information content (AvgIpc) is 3.38. The number of rotatable bonds is 5. The topological polar surface area (TPSA) is 93.8 Å². The summed E-state index contributed by atoms with van der Waals surface area (Å²) in [6.45, 7) is 1.59. The lowest BCUT2D eigenvalue weighted by molar-refractivity contribution is 0.154. The van der Waals surface area contributed by atoms with E-state index >= 15 is 0 Å². The van der Waals surface area contributed by atoms with E-state index in [0.717, 1.165) is 50.0 Å². The normalized spacial score (nSPS) is 16.9. The minimum Gasteiger partial charge on any atom is -0.321 e. The molecule has 1 fully saturated rings. The van der Waals surface area contributed by atoms with Crippen LogP contribution in [0.3, 0.4) is 0 Å². The highest BCUT2D eigenvalue weighted by atomic mass is 16.2. The van der Waals surface area contributed by atoms with E-state index in [1.165, 1.54) is 4.80 Å². The van der Waals surface area contributed by atoms with Crippen LogP contribution >= 0.6 is 0 Å². The molecule has 9 nitrogen and oxygen atoms in total. The quantitative estimate of drug-likeness (QED) is 0.734. The van der Waals surface area contributed by atoms with Crippen LogP contribution in [0.4, 0.5) is 10.5 Å². The highest BCUT2D eigenvalue weighted by Gasteiger charge is 2.26. The number of nitrogens with zero attached hydrogens (tertiary/aromatic N) is 7. The van der Waals surface area contributed by atoms with Crippen LogP contribution in [0.25, 0.3) is 11.4 Å². The van der Waals surface area contributed by atoms with E-state index in [2.05, 4.69) is 25.8 Å². The summed E-state index contributed by atoms with van der Waals surface area (Å²) in [5.74, 6) is 0.536. The first kappa shape index (κ1) is 18.1. The van der Waals surface area contributed by atoms with Crippen molar-refractivity contribution >= 4 is 11.7 Å². The molecule has 1 N–H and O–H groups in total. The number of amides is 2. The van der Waals surface area contributed by atoms with Gasteiger partial charge in [-0.2, -0.15) is 9.90 Å². The lowest BCUT2D eigenvalue weighted by atomic mass is 10.00. The smallest absolute Gasteiger partial charge is 0.321 e. The zero-order valence-corrected chi connectivity index (χ0v) is 15.9. The second kappa shape index (κ2) is 8.20. The number of nitrogens with one attached hydrogen (secondary N) is 1. The van der Waals surface area contributed by atoms with Gasteiger partial charge in [-0.05, 0) is 49.1 Å². The molecule has 3 aromatic rings. The molecule has 9 heteroatoms. The maximum absolute atomic E-state index is 12.9. The van der Waals surface area contributed by atoms with Crippen molar-refractivity contribution in [2.45, 2.75) is 38.3 Å². The van der Waals surface area contributed by atoms with Crippen molar-refractivity contribution in [2.75, 3.05) is 11.9 Å². The summed E-state index contributed by atoms with van der Waals surface area (Å²) < 4.78 is 1.92. The molecule has 1 aliphatic rings. The lowest BCUT2D eigenvalue weighted by Crippen LogP contribution is -2.46. The number of likely N-dealkylation sites (tertiary alicyclic amines) is 1. The Kier molecular flexibility index (Phi) is 5.31. The highest BCUT2D eigenvalue weighted by Crippen LogP contribution is 2.23. The number of aryl methyl sites for hydroxylation is 2. The summed E-state index contributed by atoms with van der Waals surface area (Å²) in [5.41, 5.74) is 1.55. The van der Waals surface area contributed by atoms with Crippen molar-refractivity contribution < 1.29 is 4.79 Å². The van der Waals surface area contributed by atoms with Crippen molar-refractivity contribution in [1.29, 1.82) is 0 Å². The van der Waals surface area contributed by atoms with Gasteiger partial charge >= 0.3 is 6.03 Å². The number of hydrogen-bond donors (Lipinski definition) is 1. The van der Waals surface area contributed by atoms with Gasteiger partial charge in [-0.25, -0.2) is 4.79 Å². The second-order valence-corrected chi connectivity index (χ2v) is 7.01. The number of carbonyl (C=O) groups is 1. The maximum atomic E-state index is 12.9. The molecule has 1 saturated heterocycles. The SMILES string of the molecule is Cn1nnc(-c2cccc(NC(=O)N3CCCC[C@H]3CCn3cccn3)c2)n1. The molecular weight excluding hydrogens is 356 g/mol. The minimum atomic E-state index is -0.0607. The van der Waals surface area contributed by atoms with Crippen molar-refractivity contribution in [3.8, 4) is 11.4 Å². The Morgan fingerprint density at radius 1 is 1.29 bits per heavy atom. The van der Waals surface area contributed by atoms with Gasteiger partial charge in [0.1, 0.15) is 0 Å². The predicted molar refractivity (Wildman–Crippen MR) is 104 cm³/mol. The van der Waals surface area contributed by atoms with Gasteiger partial charge in [0.15, 0.2) is 0 Å². The Labute approximate surface area is 163 Å². The number of urea groups is 1. The summed E-state index contributed by atoms with van der Waals surface area (Å²) in [4.78, 5) is 16.3. The molecular formula is C19H24N8O. The van der Waals surface area contributed by atoms with E-state index in [1.54, 1.807) is 13.2 Å². The fourth-order valence-electron chi connectivity index (χ4n) is 3.61. The first-order valence-electron chi connectivity index (χ1n) is 9.58. The van der Waals surface area contributed by atoms with Gasteiger partial charge < -0.3 is 10.2 Å². The molecule has 0 saturated carbocycles. The standard InChI is InChI=1S/C19H24N8O/c1-25-23-18(22-24-25)15-6-4-7-16(14-15)21-19(28)27-12-3-2-8-17(27)9-13-26-11-5-10-20-26/h4-7,10-11,14,17H,2-3,8-9,12-13H2,1H3,(H,21,28)/t17-/m0/s1. The van der Waals surface area contributed by atoms with Gasteiger partial charge in [0, 0.05) is 42.8 Å². The van der Waals surface area contributed by atoms with E-state index < -0.39 is 0 Å². The first-order valence-corrected chi connectivity index (χ1v) is 9.58. The second-order valence-electron chi connectivity index (χ2n) is 7.01. The number of benzene rings is 1. The molecule has 1 atom stereocenters. The molecule has 146 valence electrons. The third-order valence-electron chi connectivity index (χ3n) is 5.02. The summed E-state index contributed by atoms with van der Waals surface area (Å²) >= 11 is 0. The number of hydrogen-bond acceptors (Lipinski definition) is 5. The summed E-state index contributed by atoms with van der Waals surface area (Å²) in [6, 6.07) is 9.62. The van der Waals surface area contributed by atoms with E-state index in [0.29, 0.717) is 5.82 Å². The van der Waals surface area contributed by atoms with Crippen LogP contribution in [0.15, 0.2) is 42.7 Å². The summed E-state index contributed by atoms with van der Waals surface area (Å²) in [5, 5.41) is 19.4. The van der Waals surface area contributed by atoms with E-state index in [9.17, 15) is 4.79 Å². The predicted octanol–water partition coefficient (Wildman–Crippen LogP) is 2.55. The zero-order valence-electron chi connectivity index (χ0n) is 15.9. The molecule has 0 unspecified atom stereocenters. The molecule has 3 heterocycles. The Bertz CT molecular complexity index is 920. The monoisotopic (exact) mass is 380 g/mol. The van der Waals surface area contributed by atoms with Gasteiger partial charge in [0.2, 0.25) is 5.82 Å². The molecule has 1 aromatic carbocycles.